The molecule has 0 spiro atoms. The van der Waals surface area contributed by atoms with E-state index in [-0.39, 0.29) is 24.0 Å². The van der Waals surface area contributed by atoms with E-state index in [1.54, 1.807) is 6.26 Å². The Bertz CT molecular complexity index is 946. The van der Waals surface area contributed by atoms with Gasteiger partial charge in [0.15, 0.2) is 5.96 Å². The molecule has 0 bridgehead atoms. The zero-order valence-electron chi connectivity index (χ0n) is 17.9. The summed E-state index contributed by atoms with van der Waals surface area (Å²) in [7, 11) is 0. The van der Waals surface area contributed by atoms with E-state index in [4.69, 9.17) is 9.40 Å². The van der Waals surface area contributed by atoms with Crippen LogP contribution in [0.25, 0.3) is 11.5 Å². The van der Waals surface area contributed by atoms with Crippen molar-refractivity contribution in [2.24, 2.45) is 4.99 Å². The number of halogens is 1. The van der Waals surface area contributed by atoms with Crippen molar-refractivity contribution in [1.82, 2.24) is 20.6 Å². The Kier molecular flexibility index (Phi) is 9.32. The summed E-state index contributed by atoms with van der Waals surface area (Å²) in [4.78, 5) is 15.5. The molecule has 166 valence electrons. The summed E-state index contributed by atoms with van der Waals surface area (Å²) >= 11 is 1.91. The number of hydrogen-bond donors (Lipinski definition) is 2. The van der Waals surface area contributed by atoms with Gasteiger partial charge in [-0.3, -0.25) is 0 Å². The number of aromatic nitrogens is 2. The lowest BCUT2D eigenvalue weighted by molar-refractivity contribution is 0.572. The van der Waals surface area contributed by atoms with Crippen LogP contribution in [0.3, 0.4) is 0 Å². The molecule has 0 radical (unpaired) electrons. The van der Waals surface area contributed by atoms with Gasteiger partial charge in [0.05, 0.1) is 17.2 Å². The topological polar surface area (TPSA) is 75.3 Å². The Balaban J connectivity index is 0.00000272. The van der Waals surface area contributed by atoms with E-state index in [1.165, 1.54) is 34.8 Å². The third-order valence-corrected chi connectivity index (χ3v) is 6.28. The molecule has 2 aromatic heterocycles. The number of thiazole rings is 1. The van der Waals surface area contributed by atoms with E-state index in [1.807, 2.05) is 41.7 Å². The highest BCUT2D eigenvalue weighted by Crippen LogP contribution is 2.27. The van der Waals surface area contributed by atoms with Gasteiger partial charge in [-0.25, -0.2) is 15.0 Å². The first-order valence-electron chi connectivity index (χ1n) is 10.8. The van der Waals surface area contributed by atoms with Gasteiger partial charge in [-0.1, -0.05) is 18.2 Å². The van der Waals surface area contributed by atoms with Crippen molar-refractivity contribution in [2.45, 2.75) is 52.0 Å². The van der Waals surface area contributed by atoms with Crippen LogP contribution in [0.5, 0.6) is 0 Å². The van der Waals surface area contributed by atoms with E-state index < -0.39 is 0 Å². The number of nitrogens with one attached hydrogen (secondary N) is 2. The Morgan fingerprint density at radius 1 is 1.13 bits per heavy atom. The summed E-state index contributed by atoms with van der Waals surface area (Å²) in [6.07, 6.45) is 8.73. The molecule has 1 aliphatic carbocycles. The third kappa shape index (κ3) is 6.77. The summed E-state index contributed by atoms with van der Waals surface area (Å²) in [5, 5.41) is 8.00. The molecule has 3 aromatic rings. The fourth-order valence-electron chi connectivity index (χ4n) is 3.55. The summed E-state index contributed by atoms with van der Waals surface area (Å²) in [5.41, 5.74) is 3.15. The second kappa shape index (κ2) is 12.2. The lowest BCUT2D eigenvalue weighted by Gasteiger charge is -2.10. The minimum Gasteiger partial charge on any atom is -0.444 e. The predicted molar refractivity (Wildman–Crippen MR) is 137 cm³/mol. The molecule has 2 heterocycles. The van der Waals surface area contributed by atoms with Crippen LogP contribution in [0.2, 0.25) is 0 Å². The smallest absolute Gasteiger partial charge is 0.226 e. The maximum absolute atomic E-state index is 5.60. The highest BCUT2D eigenvalue weighted by Gasteiger charge is 2.14. The van der Waals surface area contributed by atoms with Crippen LogP contribution in [0.4, 0.5) is 0 Å². The largest absolute Gasteiger partial charge is 0.444 e. The second-order valence-electron chi connectivity index (χ2n) is 7.42. The first-order chi connectivity index (χ1) is 14.8. The van der Waals surface area contributed by atoms with Gasteiger partial charge < -0.3 is 15.1 Å². The molecule has 1 aliphatic rings. The number of fused-ring (bicyclic) bond motifs is 1. The summed E-state index contributed by atoms with van der Waals surface area (Å²) in [5.74, 6) is 1.44. The Morgan fingerprint density at radius 2 is 1.97 bits per heavy atom. The Hall–Kier alpha value is -1.94. The average Bonchev–Trinajstić information content (AvgIpc) is 3.42. The number of benzene rings is 1. The molecule has 8 heteroatoms. The quantitative estimate of drug-likeness (QED) is 0.179. The second-order valence-corrected chi connectivity index (χ2v) is 8.59. The molecule has 0 atom stereocenters. The van der Waals surface area contributed by atoms with Crippen LogP contribution in [-0.4, -0.2) is 29.0 Å². The van der Waals surface area contributed by atoms with Crippen LogP contribution < -0.4 is 10.6 Å². The number of rotatable bonds is 8. The molecule has 0 saturated carbocycles. The van der Waals surface area contributed by atoms with Gasteiger partial charge in [-0.15, -0.1) is 35.3 Å². The Morgan fingerprint density at radius 3 is 2.77 bits per heavy atom. The predicted octanol–water partition coefficient (Wildman–Crippen LogP) is 4.98. The minimum atomic E-state index is 0. The lowest BCUT2D eigenvalue weighted by Crippen LogP contribution is -2.37. The number of aliphatic imine (C=N–C) groups is 1. The van der Waals surface area contributed by atoms with Gasteiger partial charge in [0, 0.05) is 30.0 Å². The standard InChI is InChI=1S/C23H29N5OS.HI/c1-2-24-23(25-14-8-13-21-28-19-11-6-7-12-20(19)30-21)26-15-18-16-29-22(27-18)17-9-4-3-5-10-17;/h3-5,9-10,16H,2,6-8,11-15H2,1H3,(H2,24,25,26);1H. The number of guanidine groups is 1. The van der Waals surface area contributed by atoms with E-state index in [0.29, 0.717) is 12.4 Å². The van der Waals surface area contributed by atoms with Gasteiger partial charge >= 0.3 is 0 Å². The lowest BCUT2D eigenvalue weighted by atomic mass is 10.0. The first-order valence-corrected chi connectivity index (χ1v) is 11.6. The molecular weight excluding hydrogens is 521 g/mol. The van der Waals surface area contributed by atoms with Crippen molar-refractivity contribution in [2.75, 3.05) is 13.1 Å². The fourth-order valence-corrected chi connectivity index (χ4v) is 4.75. The molecule has 0 unspecified atom stereocenters. The van der Waals surface area contributed by atoms with Crippen LogP contribution in [0, 0.1) is 0 Å². The van der Waals surface area contributed by atoms with Crippen molar-refractivity contribution in [3.8, 4) is 11.5 Å². The number of nitrogens with zero attached hydrogens (tertiary/aromatic N) is 3. The number of aryl methyl sites for hydroxylation is 3. The number of oxazole rings is 1. The van der Waals surface area contributed by atoms with Gasteiger partial charge in [0.2, 0.25) is 5.89 Å². The highest BCUT2D eigenvalue weighted by atomic mass is 127. The van der Waals surface area contributed by atoms with Crippen LogP contribution in [0.15, 0.2) is 46.0 Å². The van der Waals surface area contributed by atoms with Crippen molar-refractivity contribution in [3.05, 3.63) is 57.9 Å². The zero-order valence-corrected chi connectivity index (χ0v) is 21.0. The van der Waals surface area contributed by atoms with Crippen molar-refractivity contribution >= 4 is 41.3 Å². The van der Waals surface area contributed by atoms with E-state index >= 15 is 0 Å². The van der Waals surface area contributed by atoms with Gasteiger partial charge in [0.1, 0.15) is 12.0 Å². The monoisotopic (exact) mass is 551 g/mol. The van der Waals surface area contributed by atoms with E-state index in [9.17, 15) is 0 Å². The normalized spacial score (nSPS) is 13.4. The SMILES string of the molecule is CCNC(=NCc1coc(-c2ccccc2)n1)NCCCc1nc2c(s1)CCCC2.I. The average molecular weight is 551 g/mol. The van der Waals surface area contributed by atoms with Gasteiger partial charge in [0.25, 0.3) is 0 Å². The molecular formula is C23H30IN5OS. The van der Waals surface area contributed by atoms with Gasteiger partial charge in [-0.2, -0.15) is 0 Å². The first kappa shape index (κ1) is 23.7. The van der Waals surface area contributed by atoms with Crippen molar-refractivity contribution in [1.29, 1.82) is 0 Å². The molecule has 31 heavy (non-hydrogen) atoms. The Labute approximate surface area is 205 Å². The maximum Gasteiger partial charge on any atom is 0.226 e. The molecule has 4 rings (SSSR count). The van der Waals surface area contributed by atoms with Gasteiger partial charge in [-0.05, 0) is 51.2 Å². The fraction of sp³-hybridized carbons (Fsp3) is 0.435. The van der Waals surface area contributed by atoms with E-state index in [2.05, 4.69) is 27.5 Å². The highest BCUT2D eigenvalue weighted by molar-refractivity contribution is 14.0. The molecule has 2 N–H and O–H groups in total. The molecule has 6 nitrogen and oxygen atoms in total. The molecule has 0 fully saturated rings. The van der Waals surface area contributed by atoms with Crippen LogP contribution in [0.1, 0.15) is 47.5 Å². The summed E-state index contributed by atoms with van der Waals surface area (Å²) in [6, 6.07) is 9.92. The van der Waals surface area contributed by atoms with Crippen molar-refractivity contribution in [3.63, 3.8) is 0 Å². The van der Waals surface area contributed by atoms with Crippen LogP contribution >= 0.6 is 35.3 Å². The van der Waals surface area contributed by atoms with Crippen molar-refractivity contribution < 1.29 is 4.42 Å². The summed E-state index contributed by atoms with van der Waals surface area (Å²) in [6.45, 7) is 4.23. The number of hydrogen-bond acceptors (Lipinski definition) is 5. The zero-order chi connectivity index (χ0) is 20.6. The summed E-state index contributed by atoms with van der Waals surface area (Å²) < 4.78 is 5.60. The third-order valence-electron chi connectivity index (χ3n) is 5.07. The molecule has 1 aromatic carbocycles. The van der Waals surface area contributed by atoms with Crippen LogP contribution in [-0.2, 0) is 25.8 Å². The minimum absolute atomic E-state index is 0. The maximum atomic E-state index is 5.60. The van der Waals surface area contributed by atoms with E-state index in [0.717, 1.165) is 49.6 Å². The molecule has 0 saturated heterocycles. The molecule has 0 aliphatic heterocycles. The molecule has 0 amide bonds.